The van der Waals surface area contributed by atoms with Crippen LogP contribution in [0, 0.1) is 6.92 Å². The van der Waals surface area contributed by atoms with E-state index in [0.29, 0.717) is 30.8 Å². The Morgan fingerprint density at radius 2 is 2.12 bits per heavy atom. The number of carbonyl (C=O) groups is 2. The number of carboxylic acid groups (broad SMARTS) is 2. The van der Waals surface area contributed by atoms with Gasteiger partial charge in [-0.05, 0) is 26.2 Å². The molecule has 2 heterocycles. The third kappa shape index (κ3) is 1.46. The van der Waals surface area contributed by atoms with Crippen molar-refractivity contribution in [1.29, 1.82) is 0 Å². The van der Waals surface area contributed by atoms with Crippen molar-refractivity contribution in [3.05, 3.63) is 17.2 Å². The molecule has 0 aromatic carbocycles. The summed E-state index contributed by atoms with van der Waals surface area (Å²) in [7, 11) is 0. The zero-order chi connectivity index (χ0) is 11.9. The second-order valence-electron chi connectivity index (χ2n) is 3.88. The van der Waals surface area contributed by atoms with Gasteiger partial charge in [-0.15, -0.1) is 0 Å². The maximum absolute atomic E-state index is 11.1. The number of carboxylic acids is 2. The van der Waals surface area contributed by atoms with Gasteiger partial charge in [-0.2, -0.15) is 0 Å². The minimum absolute atomic E-state index is 0.0107. The number of rotatable bonds is 2. The molecule has 0 spiro atoms. The smallest absolute Gasteiger partial charge is 0.356 e. The van der Waals surface area contributed by atoms with Crippen molar-refractivity contribution in [2.75, 3.05) is 0 Å². The average Bonchev–Trinajstić information content (AvgIpc) is 2.56. The molecular formula is C10H12N2O4. The Bertz CT molecular complexity index is 464. The van der Waals surface area contributed by atoms with E-state index in [2.05, 4.69) is 4.98 Å². The lowest BCUT2D eigenvalue weighted by Gasteiger charge is -2.23. The molecule has 0 amide bonds. The van der Waals surface area contributed by atoms with Crippen molar-refractivity contribution in [3.8, 4) is 0 Å². The lowest BCUT2D eigenvalue weighted by Crippen LogP contribution is -2.26. The van der Waals surface area contributed by atoms with E-state index in [1.807, 2.05) is 0 Å². The van der Waals surface area contributed by atoms with Gasteiger partial charge in [0, 0.05) is 0 Å². The summed E-state index contributed by atoms with van der Waals surface area (Å²) >= 11 is 0. The topological polar surface area (TPSA) is 92.4 Å². The number of fused-ring (bicyclic) bond motifs is 1. The second-order valence-corrected chi connectivity index (χ2v) is 3.88. The highest BCUT2D eigenvalue weighted by Gasteiger charge is 2.31. The third-order valence-corrected chi connectivity index (χ3v) is 2.88. The van der Waals surface area contributed by atoms with Crippen LogP contribution in [0.1, 0.15) is 40.9 Å². The van der Waals surface area contributed by atoms with Crippen LogP contribution in [0.3, 0.4) is 0 Å². The van der Waals surface area contributed by atoms with E-state index in [-0.39, 0.29) is 5.69 Å². The summed E-state index contributed by atoms with van der Waals surface area (Å²) in [6, 6.07) is -0.677. The number of hydrogen-bond acceptors (Lipinski definition) is 3. The summed E-state index contributed by atoms with van der Waals surface area (Å²) in [5.41, 5.74) is 0.520. The maximum Gasteiger partial charge on any atom is 0.356 e. The Balaban J connectivity index is 2.57. The predicted molar refractivity (Wildman–Crippen MR) is 53.5 cm³/mol. The monoisotopic (exact) mass is 224 g/mol. The van der Waals surface area contributed by atoms with E-state index in [4.69, 9.17) is 10.2 Å². The molecule has 0 radical (unpaired) electrons. The highest BCUT2D eigenvalue weighted by molar-refractivity contribution is 5.87. The van der Waals surface area contributed by atoms with Crippen LogP contribution in [0.15, 0.2) is 0 Å². The number of nitrogens with zero attached hydrogens (tertiary/aromatic N) is 2. The lowest BCUT2D eigenvalue weighted by atomic mass is 10.0. The van der Waals surface area contributed by atoms with Crippen LogP contribution in [0.4, 0.5) is 0 Å². The molecule has 0 bridgehead atoms. The van der Waals surface area contributed by atoms with Crippen LogP contribution < -0.4 is 0 Å². The fraction of sp³-hybridized carbons (Fsp3) is 0.500. The van der Waals surface area contributed by atoms with Gasteiger partial charge in [0.05, 0.1) is 5.69 Å². The number of imidazole rings is 1. The summed E-state index contributed by atoms with van der Waals surface area (Å²) in [6.07, 6.45) is 1.78. The van der Waals surface area contributed by atoms with E-state index in [1.165, 1.54) is 4.57 Å². The van der Waals surface area contributed by atoms with Crippen LogP contribution in [-0.4, -0.2) is 31.7 Å². The Morgan fingerprint density at radius 3 is 2.69 bits per heavy atom. The number of aromatic nitrogens is 2. The van der Waals surface area contributed by atoms with Gasteiger partial charge in [-0.3, -0.25) is 0 Å². The molecule has 1 aromatic rings. The molecule has 1 unspecified atom stereocenters. The molecule has 6 nitrogen and oxygen atoms in total. The average molecular weight is 224 g/mol. The standard InChI is InChI=1S/C10H12N2O4/c1-5-11-8(10(15)16)6-3-2-4-7(9(13)14)12(5)6/h7H,2-4H2,1H3,(H,13,14)(H,15,16). The first-order chi connectivity index (χ1) is 7.52. The molecule has 1 atom stereocenters. The summed E-state index contributed by atoms with van der Waals surface area (Å²) in [5.74, 6) is -1.57. The van der Waals surface area contributed by atoms with E-state index in [9.17, 15) is 9.59 Å². The summed E-state index contributed by atoms with van der Waals surface area (Å²) in [6.45, 7) is 1.64. The number of hydrogen-bond donors (Lipinski definition) is 2. The van der Waals surface area contributed by atoms with Gasteiger partial charge in [0.2, 0.25) is 0 Å². The SMILES string of the molecule is Cc1nc(C(=O)O)c2n1C(C(=O)O)CCC2. The maximum atomic E-state index is 11.1. The molecule has 0 saturated carbocycles. The largest absolute Gasteiger partial charge is 0.480 e. The fourth-order valence-corrected chi connectivity index (χ4v) is 2.24. The molecule has 16 heavy (non-hydrogen) atoms. The van der Waals surface area contributed by atoms with Gasteiger partial charge in [0.15, 0.2) is 5.69 Å². The van der Waals surface area contributed by atoms with E-state index in [0.717, 1.165) is 0 Å². The molecule has 0 fully saturated rings. The first-order valence-corrected chi connectivity index (χ1v) is 5.06. The van der Waals surface area contributed by atoms with Crippen LogP contribution in [0.25, 0.3) is 0 Å². The third-order valence-electron chi connectivity index (χ3n) is 2.88. The van der Waals surface area contributed by atoms with Gasteiger partial charge in [-0.1, -0.05) is 0 Å². The first-order valence-electron chi connectivity index (χ1n) is 5.06. The molecular weight excluding hydrogens is 212 g/mol. The molecule has 0 aliphatic carbocycles. The minimum atomic E-state index is -1.09. The Labute approximate surface area is 91.5 Å². The van der Waals surface area contributed by atoms with Gasteiger partial charge in [0.1, 0.15) is 11.9 Å². The highest BCUT2D eigenvalue weighted by atomic mass is 16.4. The molecule has 1 aliphatic heterocycles. The quantitative estimate of drug-likeness (QED) is 0.776. The van der Waals surface area contributed by atoms with Crippen molar-refractivity contribution in [3.63, 3.8) is 0 Å². The summed E-state index contributed by atoms with van der Waals surface area (Å²) in [5, 5.41) is 18.0. The first kappa shape index (κ1) is 10.7. The van der Waals surface area contributed by atoms with Crippen molar-refractivity contribution in [2.24, 2.45) is 0 Å². The fourth-order valence-electron chi connectivity index (χ4n) is 2.24. The molecule has 86 valence electrons. The molecule has 0 saturated heterocycles. The predicted octanol–water partition coefficient (Wildman–Crippen LogP) is 0.852. The summed E-state index contributed by atoms with van der Waals surface area (Å²) in [4.78, 5) is 25.9. The van der Waals surface area contributed by atoms with E-state index < -0.39 is 18.0 Å². The molecule has 6 heteroatoms. The zero-order valence-corrected chi connectivity index (χ0v) is 8.80. The molecule has 1 aliphatic rings. The van der Waals surface area contributed by atoms with Gasteiger partial charge < -0.3 is 14.8 Å². The van der Waals surface area contributed by atoms with Gasteiger partial charge in [-0.25, -0.2) is 14.6 Å². The second kappa shape index (κ2) is 3.62. The Kier molecular flexibility index (Phi) is 2.41. The van der Waals surface area contributed by atoms with E-state index >= 15 is 0 Å². The van der Waals surface area contributed by atoms with Crippen molar-refractivity contribution in [2.45, 2.75) is 32.2 Å². The number of aryl methyl sites for hydroxylation is 1. The van der Waals surface area contributed by atoms with Crippen molar-refractivity contribution < 1.29 is 19.8 Å². The van der Waals surface area contributed by atoms with Gasteiger partial charge in [0.25, 0.3) is 0 Å². The molecule has 2 N–H and O–H groups in total. The highest BCUT2D eigenvalue weighted by Crippen LogP contribution is 2.28. The van der Waals surface area contributed by atoms with Crippen molar-refractivity contribution in [1.82, 2.24) is 9.55 Å². The normalized spacial score (nSPS) is 19.2. The lowest BCUT2D eigenvalue weighted by molar-refractivity contribution is -0.141. The molecule has 2 rings (SSSR count). The molecule has 1 aromatic heterocycles. The van der Waals surface area contributed by atoms with E-state index in [1.54, 1.807) is 6.92 Å². The van der Waals surface area contributed by atoms with Crippen LogP contribution in [0.2, 0.25) is 0 Å². The van der Waals surface area contributed by atoms with Crippen molar-refractivity contribution >= 4 is 11.9 Å². The van der Waals surface area contributed by atoms with Crippen LogP contribution >= 0.6 is 0 Å². The number of aromatic carboxylic acids is 1. The van der Waals surface area contributed by atoms with Crippen LogP contribution in [-0.2, 0) is 11.2 Å². The number of aliphatic carboxylic acids is 1. The zero-order valence-electron chi connectivity index (χ0n) is 8.80. The minimum Gasteiger partial charge on any atom is -0.480 e. The van der Waals surface area contributed by atoms with Gasteiger partial charge >= 0.3 is 11.9 Å². The Hall–Kier alpha value is -1.85. The summed E-state index contributed by atoms with van der Waals surface area (Å²) < 4.78 is 1.54. The Morgan fingerprint density at radius 1 is 1.44 bits per heavy atom. The van der Waals surface area contributed by atoms with Crippen LogP contribution in [0.5, 0.6) is 0 Å².